The van der Waals surface area contributed by atoms with Crippen LogP contribution in [-0.2, 0) is 4.79 Å². The first-order chi connectivity index (χ1) is 14.6. The topological polar surface area (TPSA) is 60.8 Å². The zero-order valence-electron chi connectivity index (χ0n) is 16.3. The molecule has 5 heteroatoms. The molecule has 1 aliphatic rings. The van der Waals surface area contributed by atoms with Crippen molar-refractivity contribution in [2.75, 3.05) is 11.5 Å². The summed E-state index contributed by atoms with van der Waals surface area (Å²) in [6.07, 6.45) is 2.38. The predicted octanol–water partition coefficient (Wildman–Crippen LogP) is 4.70. The predicted molar refractivity (Wildman–Crippen MR) is 114 cm³/mol. The van der Waals surface area contributed by atoms with E-state index in [-0.39, 0.29) is 36.0 Å². The van der Waals surface area contributed by atoms with Crippen molar-refractivity contribution in [3.8, 4) is 5.75 Å². The number of aromatic hydroxyl groups is 1. The molecule has 1 amide bonds. The van der Waals surface area contributed by atoms with Gasteiger partial charge in [0.15, 0.2) is 0 Å². The summed E-state index contributed by atoms with van der Waals surface area (Å²) in [5.74, 6) is -0.574. The average Bonchev–Trinajstić information content (AvgIpc) is 2.77. The third kappa shape index (κ3) is 3.84. The zero-order valence-corrected chi connectivity index (χ0v) is 16.3. The number of phenols is 1. The number of rotatable bonds is 6. The van der Waals surface area contributed by atoms with E-state index in [0.717, 1.165) is 16.7 Å². The number of halogens is 1. The van der Waals surface area contributed by atoms with Gasteiger partial charge < -0.3 is 15.1 Å². The van der Waals surface area contributed by atoms with E-state index in [1.54, 1.807) is 41.3 Å². The molecule has 30 heavy (non-hydrogen) atoms. The van der Waals surface area contributed by atoms with Crippen LogP contribution < -0.4 is 4.90 Å². The lowest BCUT2D eigenvalue weighted by atomic mass is 9.79. The maximum Gasteiger partial charge on any atom is 0.233 e. The van der Waals surface area contributed by atoms with E-state index in [1.165, 1.54) is 12.1 Å². The summed E-state index contributed by atoms with van der Waals surface area (Å²) in [5, 5.41) is 19.4. The second-order valence-electron chi connectivity index (χ2n) is 7.32. The summed E-state index contributed by atoms with van der Waals surface area (Å²) < 4.78 is 13.4. The third-order valence-electron chi connectivity index (χ3n) is 5.49. The monoisotopic (exact) mass is 403 g/mol. The molecule has 152 valence electrons. The summed E-state index contributed by atoms with van der Waals surface area (Å²) in [5.41, 5.74) is 3.21. The maximum atomic E-state index is 13.4. The first kappa shape index (κ1) is 19.9. The quantitative estimate of drug-likeness (QED) is 0.587. The fourth-order valence-corrected chi connectivity index (χ4v) is 3.92. The Kier molecular flexibility index (Phi) is 5.63. The molecule has 2 N–H and O–H groups in total. The number of amides is 1. The van der Waals surface area contributed by atoms with Crippen molar-refractivity contribution in [1.29, 1.82) is 0 Å². The summed E-state index contributed by atoms with van der Waals surface area (Å²) in [4.78, 5) is 14.7. The van der Waals surface area contributed by atoms with Crippen LogP contribution in [-0.4, -0.2) is 22.7 Å². The number of aliphatic hydroxyl groups excluding tert-OH is 1. The van der Waals surface area contributed by atoms with Crippen molar-refractivity contribution in [3.05, 3.63) is 102 Å². The zero-order chi connectivity index (χ0) is 21.1. The number of hydrogen-bond donors (Lipinski definition) is 2. The number of allylic oxidation sites excluding steroid dienone is 1. The van der Waals surface area contributed by atoms with Crippen LogP contribution >= 0.6 is 0 Å². The highest BCUT2D eigenvalue weighted by molar-refractivity contribution is 6.03. The van der Waals surface area contributed by atoms with E-state index >= 15 is 0 Å². The maximum absolute atomic E-state index is 13.4. The number of β-lactam (4-membered cyclic amide) rings is 1. The van der Waals surface area contributed by atoms with Crippen LogP contribution in [0.3, 0.4) is 0 Å². The van der Waals surface area contributed by atoms with Gasteiger partial charge in [-0.2, -0.15) is 0 Å². The summed E-state index contributed by atoms with van der Waals surface area (Å²) >= 11 is 0. The van der Waals surface area contributed by atoms with Gasteiger partial charge >= 0.3 is 0 Å². The van der Waals surface area contributed by atoms with Gasteiger partial charge in [0.05, 0.1) is 18.6 Å². The molecule has 0 bridgehead atoms. The van der Waals surface area contributed by atoms with Gasteiger partial charge in [-0.1, -0.05) is 48.5 Å². The molecular formula is C25H22FNO3. The number of benzene rings is 3. The molecular weight excluding hydrogens is 381 g/mol. The highest BCUT2D eigenvalue weighted by Gasteiger charge is 2.48. The van der Waals surface area contributed by atoms with Crippen LogP contribution in [0.5, 0.6) is 5.75 Å². The minimum atomic E-state index is -0.358. The SMILES string of the molecule is O=C1[C@H](C/C=C(\CO)c2ccccc2)[C@@H](c2ccc(O)cc2)N1c1ccc(F)cc1. The standard InChI is InChI=1S/C25H22FNO3/c26-20-9-11-21(12-10-20)27-24(18-6-13-22(29)14-7-18)23(25(27)30)15-8-19(16-28)17-4-2-1-3-5-17/h1-14,23-24,28-29H,15-16H2/b19-8+/t23-,24-/m1/s1. The number of phenolic OH excluding ortho intramolecular Hbond substituents is 1. The van der Waals surface area contributed by atoms with Crippen LogP contribution in [0.15, 0.2) is 84.9 Å². The Bertz CT molecular complexity index is 1050. The van der Waals surface area contributed by atoms with Crippen molar-refractivity contribution < 1.29 is 19.4 Å². The molecule has 1 fully saturated rings. The second-order valence-corrected chi connectivity index (χ2v) is 7.32. The molecule has 1 heterocycles. The molecule has 0 unspecified atom stereocenters. The Labute approximate surface area is 174 Å². The Balaban J connectivity index is 1.64. The van der Waals surface area contributed by atoms with E-state index in [9.17, 15) is 19.4 Å². The number of hydrogen-bond acceptors (Lipinski definition) is 3. The molecule has 0 radical (unpaired) electrons. The van der Waals surface area contributed by atoms with E-state index in [4.69, 9.17) is 0 Å². The molecule has 4 nitrogen and oxygen atoms in total. The molecule has 2 atom stereocenters. The molecule has 0 aromatic heterocycles. The molecule has 0 aliphatic carbocycles. The molecule has 1 saturated heterocycles. The van der Waals surface area contributed by atoms with Crippen LogP contribution in [0.25, 0.3) is 5.57 Å². The lowest BCUT2D eigenvalue weighted by Gasteiger charge is -2.47. The lowest BCUT2D eigenvalue weighted by Crippen LogP contribution is -2.55. The second kappa shape index (κ2) is 8.51. The van der Waals surface area contributed by atoms with Crippen LogP contribution in [0.4, 0.5) is 10.1 Å². The van der Waals surface area contributed by atoms with Gasteiger partial charge in [0, 0.05) is 5.69 Å². The van der Waals surface area contributed by atoms with Crippen LogP contribution in [0.2, 0.25) is 0 Å². The van der Waals surface area contributed by atoms with Crippen LogP contribution in [0.1, 0.15) is 23.6 Å². The normalized spacial score (nSPS) is 18.9. The average molecular weight is 403 g/mol. The minimum absolute atomic E-state index is 0.0544. The largest absolute Gasteiger partial charge is 0.508 e. The van der Waals surface area contributed by atoms with Gasteiger partial charge in [0.1, 0.15) is 11.6 Å². The minimum Gasteiger partial charge on any atom is -0.508 e. The van der Waals surface area contributed by atoms with E-state index < -0.39 is 0 Å². The van der Waals surface area contributed by atoms with Crippen molar-refractivity contribution in [2.45, 2.75) is 12.5 Å². The Morgan fingerprint density at radius 3 is 2.27 bits per heavy atom. The Morgan fingerprint density at radius 1 is 0.967 bits per heavy atom. The van der Waals surface area contributed by atoms with Crippen molar-refractivity contribution in [3.63, 3.8) is 0 Å². The van der Waals surface area contributed by atoms with Crippen LogP contribution in [0, 0.1) is 11.7 Å². The summed E-state index contributed by atoms with van der Waals surface area (Å²) in [6, 6.07) is 22.0. The van der Waals surface area contributed by atoms with E-state index in [1.807, 2.05) is 36.4 Å². The van der Waals surface area contributed by atoms with Gasteiger partial charge in [0.2, 0.25) is 5.91 Å². The van der Waals surface area contributed by atoms with Crippen molar-refractivity contribution >= 4 is 17.2 Å². The first-order valence-corrected chi connectivity index (χ1v) is 9.81. The number of carbonyl (C=O) groups excluding carboxylic acids is 1. The molecule has 0 saturated carbocycles. The Hall–Kier alpha value is -3.44. The summed E-state index contributed by atoms with van der Waals surface area (Å²) in [6.45, 7) is -0.115. The molecule has 0 spiro atoms. The number of carbonyl (C=O) groups is 1. The molecule has 3 aromatic carbocycles. The number of nitrogens with zero attached hydrogens (tertiary/aromatic N) is 1. The first-order valence-electron chi connectivity index (χ1n) is 9.81. The molecule has 3 aromatic rings. The van der Waals surface area contributed by atoms with Crippen molar-refractivity contribution in [2.24, 2.45) is 5.92 Å². The van der Waals surface area contributed by atoms with Gasteiger partial charge in [-0.3, -0.25) is 4.79 Å². The van der Waals surface area contributed by atoms with Gasteiger partial charge in [-0.15, -0.1) is 0 Å². The van der Waals surface area contributed by atoms with E-state index in [2.05, 4.69) is 0 Å². The number of aliphatic hydroxyl groups is 1. The molecule has 4 rings (SSSR count). The third-order valence-corrected chi connectivity index (χ3v) is 5.49. The van der Waals surface area contributed by atoms with Gasteiger partial charge in [0.25, 0.3) is 0 Å². The lowest BCUT2D eigenvalue weighted by molar-refractivity contribution is -0.130. The van der Waals surface area contributed by atoms with E-state index in [0.29, 0.717) is 12.1 Å². The number of anilines is 1. The van der Waals surface area contributed by atoms with Crippen molar-refractivity contribution in [1.82, 2.24) is 0 Å². The molecule has 1 aliphatic heterocycles. The smallest absolute Gasteiger partial charge is 0.233 e. The highest BCUT2D eigenvalue weighted by atomic mass is 19.1. The summed E-state index contributed by atoms with van der Waals surface area (Å²) in [7, 11) is 0. The van der Waals surface area contributed by atoms with Gasteiger partial charge in [-0.05, 0) is 59.5 Å². The highest BCUT2D eigenvalue weighted by Crippen LogP contribution is 2.45. The fourth-order valence-electron chi connectivity index (χ4n) is 3.92. The Morgan fingerprint density at radius 2 is 1.63 bits per heavy atom. The fraction of sp³-hybridized carbons (Fsp3) is 0.160. The van der Waals surface area contributed by atoms with Gasteiger partial charge in [-0.25, -0.2) is 4.39 Å².